The summed E-state index contributed by atoms with van der Waals surface area (Å²) in [4.78, 5) is 39.6. The van der Waals surface area contributed by atoms with Gasteiger partial charge in [0.2, 0.25) is 11.8 Å². The average Bonchev–Trinajstić information content (AvgIpc) is 3.01. The Morgan fingerprint density at radius 2 is 1.79 bits per heavy atom. The molecule has 0 saturated carbocycles. The molecule has 0 aliphatic carbocycles. The highest BCUT2D eigenvalue weighted by Crippen LogP contribution is 2.30. The van der Waals surface area contributed by atoms with Crippen molar-refractivity contribution in [1.82, 2.24) is 14.5 Å². The number of nitrogens with one attached hydrogen (secondary N) is 1. The zero-order valence-corrected chi connectivity index (χ0v) is 20.0. The van der Waals surface area contributed by atoms with Crippen molar-refractivity contribution in [2.45, 2.75) is 50.6 Å². The molecule has 1 aliphatic rings. The number of amides is 3. The average molecular weight is 490 g/mol. The first kappa shape index (κ1) is 25.4. The minimum Gasteiger partial charge on any atom is -0.354 e. The fourth-order valence-corrected chi connectivity index (χ4v) is 5.29. The predicted octanol–water partition coefficient (Wildman–Crippen LogP) is 2.69. The third kappa shape index (κ3) is 5.27. The normalized spacial score (nSPS) is 15.0. The Labute approximate surface area is 198 Å². The first-order chi connectivity index (χ1) is 16.2. The van der Waals surface area contributed by atoms with Gasteiger partial charge in [-0.25, -0.2) is 17.1 Å². The van der Waals surface area contributed by atoms with Gasteiger partial charge in [-0.1, -0.05) is 43.7 Å². The van der Waals surface area contributed by atoms with Crippen molar-refractivity contribution in [2.24, 2.45) is 0 Å². The van der Waals surface area contributed by atoms with Crippen molar-refractivity contribution in [1.29, 1.82) is 0 Å². The van der Waals surface area contributed by atoms with Crippen molar-refractivity contribution < 1.29 is 27.2 Å². The van der Waals surface area contributed by atoms with Crippen LogP contribution in [-0.4, -0.2) is 54.5 Å². The van der Waals surface area contributed by atoms with E-state index in [1.54, 1.807) is 12.1 Å². The fraction of sp³-hybridized carbons (Fsp3) is 0.375. The van der Waals surface area contributed by atoms with Gasteiger partial charge in [-0.05, 0) is 31.5 Å². The molecule has 34 heavy (non-hydrogen) atoms. The maximum atomic E-state index is 14.3. The van der Waals surface area contributed by atoms with E-state index >= 15 is 0 Å². The van der Waals surface area contributed by atoms with Crippen LogP contribution in [0.5, 0.6) is 0 Å². The Morgan fingerprint density at radius 1 is 1.12 bits per heavy atom. The molecule has 3 rings (SSSR count). The molecule has 0 saturated heterocycles. The molecule has 0 spiro atoms. The molecular weight excluding hydrogens is 461 g/mol. The van der Waals surface area contributed by atoms with Crippen LogP contribution in [0.25, 0.3) is 0 Å². The summed E-state index contributed by atoms with van der Waals surface area (Å²) >= 11 is 0. The fourth-order valence-electron chi connectivity index (χ4n) is 3.72. The molecule has 0 unspecified atom stereocenters. The number of sulfonamides is 1. The summed E-state index contributed by atoms with van der Waals surface area (Å²) in [6.07, 6.45) is 1.31. The van der Waals surface area contributed by atoms with Crippen LogP contribution in [-0.2, 0) is 26.2 Å². The number of benzene rings is 2. The molecular formula is C24H28FN3O5S. The Balaban J connectivity index is 1.78. The summed E-state index contributed by atoms with van der Waals surface area (Å²) in [5.74, 6) is -2.18. The lowest BCUT2D eigenvalue weighted by atomic mass is 10.1. The maximum absolute atomic E-state index is 14.3. The molecule has 10 heteroatoms. The number of carbonyl (C=O) groups excluding carboxylic acids is 3. The summed E-state index contributed by atoms with van der Waals surface area (Å²) in [6, 6.07) is 10.9. The molecule has 1 aliphatic heterocycles. The Kier molecular flexibility index (Phi) is 8.03. The number of rotatable bonds is 10. The van der Waals surface area contributed by atoms with Crippen LogP contribution < -0.4 is 5.32 Å². The molecule has 8 nitrogen and oxygen atoms in total. The number of unbranched alkanes of at least 4 members (excludes halogenated alkanes) is 1. The van der Waals surface area contributed by atoms with E-state index in [2.05, 4.69) is 5.32 Å². The lowest BCUT2D eigenvalue weighted by molar-refractivity contribution is -0.140. The SMILES string of the molecule is CCCCNC(=O)[C@H](C)N(Cc1ccccc1F)C(=O)CCN1C(=O)c2ccccc2S1(=O)=O. The van der Waals surface area contributed by atoms with Gasteiger partial charge in [0, 0.05) is 31.6 Å². The van der Waals surface area contributed by atoms with E-state index in [-0.39, 0.29) is 35.5 Å². The topological polar surface area (TPSA) is 104 Å². The van der Waals surface area contributed by atoms with Gasteiger partial charge in [0.1, 0.15) is 16.8 Å². The standard InChI is InChI=1S/C24H28FN3O5S/c1-3-4-14-26-23(30)17(2)27(16-18-9-5-7-11-20(18)25)22(29)13-15-28-24(31)19-10-6-8-12-21(19)34(28,32)33/h5-12,17H,3-4,13-16H2,1-2H3,(H,26,30)/t17-/m0/s1. The van der Waals surface area contributed by atoms with Crippen molar-refractivity contribution >= 4 is 27.7 Å². The molecule has 182 valence electrons. The van der Waals surface area contributed by atoms with E-state index < -0.39 is 39.6 Å². The van der Waals surface area contributed by atoms with Crippen LogP contribution in [0, 0.1) is 5.82 Å². The third-order valence-electron chi connectivity index (χ3n) is 5.74. The van der Waals surface area contributed by atoms with Gasteiger partial charge in [0.05, 0.1) is 5.56 Å². The van der Waals surface area contributed by atoms with Gasteiger partial charge in [-0.3, -0.25) is 14.4 Å². The highest BCUT2D eigenvalue weighted by Gasteiger charge is 2.41. The summed E-state index contributed by atoms with van der Waals surface area (Å²) in [6.45, 7) is 3.41. The summed E-state index contributed by atoms with van der Waals surface area (Å²) in [7, 11) is -4.06. The summed E-state index contributed by atoms with van der Waals surface area (Å²) in [5, 5.41) is 2.76. The van der Waals surface area contributed by atoms with E-state index in [4.69, 9.17) is 0 Å². The first-order valence-corrected chi connectivity index (χ1v) is 12.6. The number of nitrogens with zero attached hydrogens (tertiary/aromatic N) is 2. The molecule has 1 atom stereocenters. The Hall–Kier alpha value is -3.27. The predicted molar refractivity (Wildman–Crippen MR) is 124 cm³/mol. The minimum absolute atomic E-state index is 0.0573. The van der Waals surface area contributed by atoms with Crippen LogP contribution in [0.15, 0.2) is 53.4 Å². The first-order valence-electron chi connectivity index (χ1n) is 11.1. The molecule has 0 fully saturated rings. The van der Waals surface area contributed by atoms with E-state index in [9.17, 15) is 27.2 Å². The number of hydrogen-bond acceptors (Lipinski definition) is 5. The van der Waals surface area contributed by atoms with Gasteiger partial charge < -0.3 is 10.2 Å². The quantitative estimate of drug-likeness (QED) is 0.517. The smallest absolute Gasteiger partial charge is 0.269 e. The monoisotopic (exact) mass is 489 g/mol. The third-order valence-corrected chi connectivity index (χ3v) is 7.58. The molecule has 3 amide bonds. The lowest BCUT2D eigenvalue weighted by Gasteiger charge is -2.29. The van der Waals surface area contributed by atoms with E-state index in [0.29, 0.717) is 10.8 Å². The van der Waals surface area contributed by atoms with E-state index in [0.717, 1.165) is 12.8 Å². The van der Waals surface area contributed by atoms with Crippen LogP contribution in [0.4, 0.5) is 4.39 Å². The van der Waals surface area contributed by atoms with Gasteiger partial charge in [0.15, 0.2) is 0 Å². The minimum atomic E-state index is -4.06. The lowest BCUT2D eigenvalue weighted by Crippen LogP contribution is -2.48. The van der Waals surface area contributed by atoms with Crippen molar-refractivity contribution in [3.8, 4) is 0 Å². The zero-order valence-electron chi connectivity index (χ0n) is 19.2. The Bertz CT molecular complexity index is 1180. The van der Waals surface area contributed by atoms with E-state index in [1.165, 1.54) is 48.2 Å². The highest BCUT2D eigenvalue weighted by molar-refractivity contribution is 7.90. The summed E-state index contributed by atoms with van der Waals surface area (Å²) in [5.41, 5.74) is 0.281. The van der Waals surface area contributed by atoms with Crippen molar-refractivity contribution in [2.75, 3.05) is 13.1 Å². The van der Waals surface area contributed by atoms with Crippen molar-refractivity contribution in [3.05, 3.63) is 65.5 Å². The molecule has 1 N–H and O–H groups in total. The Morgan fingerprint density at radius 3 is 2.47 bits per heavy atom. The number of halogens is 1. The number of fused-ring (bicyclic) bond motifs is 1. The molecule has 2 aromatic rings. The number of hydrogen-bond donors (Lipinski definition) is 1. The zero-order chi connectivity index (χ0) is 24.9. The van der Waals surface area contributed by atoms with Gasteiger partial charge in [0.25, 0.3) is 15.9 Å². The van der Waals surface area contributed by atoms with E-state index in [1.807, 2.05) is 6.92 Å². The van der Waals surface area contributed by atoms with Gasteiger partial charge in [-0.15, -0.1) is 0 Å². The summed E-state index contributed by atoms with van der Waals surface area (Å²) < 4.78 is 40.5. The second kappa shape index (κ2) is 10.8. The molecule has 0 bridgehead atoms. The van der Waals surface area contributed by atoms with Crippen LogP contribution in [0.3, 0.4) is 0 Å². The second-order valence-corrected chi connectivity index (χ2v) is 9.89. The van der Waals surface area contributed by atoms with Crippen molar-refractivity contribution in [3.63, 3.8) is 0 Å². The molecule has 0 radical (unpaired) electrons. The number of carbonyl (C=O) groups is 3. The highest BCUT2D eigenvalue weighted by atomic mass is 32.2. The molecule has 2 aromatic carbocycles. The van der Waals surface area contributed by atoms with Crippen LogP contribution in [0.1, 0.15) is 49.0 Å². The molecule has 0 aromatic heterocycles. The largest absolute Gasteiger partial charge is 0.354 e. The maximum Gasteiger partial charge on any atom is 0.269 e. The van der Waals surface area contributed by atoms with Crippen LogP contribution >= 0.6 is 0 Å². The van der Waals surface area contributed by atoms with Gasteiger partial charge in [-0.2, -0.15) is 0 Å². The second-order valence-electron chi connectivity index (χ2n) is 8.06. The van der Waals surface area contributed by atoms with Crippen LogP contribution in [0.2, 0.25) is 0 Å². The van der Waals surface area contributed by atoms with Gasteiger partial charge >= 0.3 is 0 Å². The molecule has 1 heterocycles.